The van der Waals surface area contributed by atoms with Crippen LogP contribution >= 0.6 is 11.6 Å². The van der Waals surface area contributed by atoms with Gasteiger partial charge in [-0.25, -0.2) is 18.3 Å². The van der Waals surface area contributed by atoms with Crippen LogP contribution in [-0.4, -0.2) is 56.3 Å². The van der Waals surface area contributed by atoms with Crippen molar-refractivity contribution in [2.24, 2.45) is 0 Å². The Morgan fingerprint density at radius 3 is 2.88 bits per heavy atom. The van der Waals surface area contributed by atoms with Gasteiger partial charge in [0.1, 0.15) is 23.6 Å². The Morgan fingerprint density at radius 2 is 2.12 bits per heavy atom. The summed E-state index contributed by atoms with van der Waals surface area (Å²) in [5.74, 6) is -0.764. The summed E-state index contributed by atoms with van der Waals surface area (Å²) in [6.45, 7) is -1.13. The molecule has 0 unspecified atom stereocenters. The van der Waals surface area contributed by atoms with E-state index < -0.39 is 24.8 Å². The van der Waals surface area contributed by atoms with E-state index in [0.717, 1.165) is 0 Å². The van der Waals surface area contributed by atoms with Crippen LogP contribution in [0.25, 0.3) is 16.9 Å². The SMILES string of the molecule is COc1ccc(Cl)cc1-c1nn(CC(=O)NCC(F)F)cc1NC(=O)c1cnn2cccnc12. The molecular formula is C21H18ClF2N7O3. The number of ether oxygens (including phenoxy) is 1. The van der Waals surface area contributed by atoms with Crippen molar-refractivity contribution in [2.75, 3.05) is 19.0 Å². The van der Waals surface area contributed by atoms with E-state index in [9.17, 15) is 18.4 Å². The lowest BCUT2D eigenvalue weighted by Crippen LogP contribution is -2.31. The molecule has 0 saturated carbocycles. The van der Waals surface area contributed by atoms with Gasteiger partial charge in [-0.15, -0.1) is 0 Å². The lowest BCUT2D eigenvalue weighted by molar-refractivity contribution is -0.122. The van der Waals surface area contributed by atoms with Gasteiger partial charge >= 0.3 is 0 Å². The fourth-order valence-electron chi connectivity index (χ4n) is 3.23. The van der Waals surface area contributed by atoms with Gasteiger partial charge in [-0.1, -0.05) is 11.6 Å². The number of hydrogen-bond acceptors (Lipinski definition) is 6. The van der Waals surface area contributed by atoms with Crippen LogP contribution in [0.4, 0.5) is 14.5 Å². The Balaban J connectivity index is 1.70. The van der Waals surface area contributed by atoms with Gasteiger partial charge in [0.15, 0.2) is 5.65 Å². The van der Waals surface area contributed by atoms with Crippen molar-refractivity contribution in [2.45, 2.75) is 13.0 Å². The Hall–Kier alpha value is -4.06. The lowest BCUT2D eigenvalue weighted by Gasteiger charge is -2.09. The van der Waals surface area contributed by atoms with E-state index in [1.807, 2.05) is 0 Å². The number of anilines is 1. The van der Waals surface area contributed by atoms with E-state index in [0.29, 0.717) is 22.0 Å². The average molecular weight is 490 g/mol. The number of hydrogen-bond donors (Lipinski definition) is 2. The molecule has 176 valence electrons. The minimum Gasteiger partial charge on any atom is -0.496 e. The van der Waals surface area contributed by atoms with Gasteiger partial charge in [0, 0.05) is 29.2 Å². The van der Waals surface area contributed by atoms with Crippen LogP contribution in [0.15, 0.2) is 49.1 Å². The van der Waals surface area contributed by atoms with Crippen molar-refractivity contribution in [1.29, 1.82) is 0 Å². The van der Waals surface area contributed by atoms with Gasteiger partial charge in [0.25, 0.3) is 12.3 Å². The van der Waals surface area contributed by atoms with Crippen LogP contribution in [0.1, 0.15) is 10.4 Å². The monoisotopic (exact) mass is 489 g/mol. The summed E-state index contributed by atoms with van der Waals surface area (Å²) in [5, 5.41) is 13.7. The first-order valence-corrected chi connectivity index (χ1v) is 10.3. The van der Waals surface area contributed by atoms with Gasteiger partial charge in [-0.05, 0) is 24.3 Å². The summed E-state index contributed by atoms with van der Waals surface area (Å²) in [7, 11) is 1.46. The van der Waals surface area contributed by atoms with E-state index >= 15 is 0 Å². The molecule has 0 aliphatic carbocycles. The Bertz CT molecular complexity index is 1360. The highest BCUT2D eigenvalue weighted by Gasteiger charge is 2.21. The van der Waals surface area contributed by atoms with Crippen molar-refractivity contribution in [3.8, 4) is 17.0 Å². The van der Waals surface area contributed by atoms with Crippen molar-refractivity contribution in [3.05, 3.63) is 59.6 Å². The second-order valence-electron chi connectivity index (χ2n) is 7.03. The maximum absolute atomic E-state index is 13.0. The molecule has 3 heterocycles. The third-order valence-electron chi connectivity index (χ3n) is 4.71. The predicted molar refractivity (Wildman–Crippen MR) is 119 cm³/mol. The van der Waals surface area contributed by atoms with Crippen LogP contribution in [0.2, 0.25) is 5.02 Å². The third-order valence-corrected chi connectivity index (χ3v) is 4.94. The fraction of sp³-hybridized carbons (Fsp3) is 0.190. The predicted octanol–water partition coefficient (Wildman–Crippen LogP) is 2.89. The first-order chi connectivity index (χ1) is 16.4. The van der Waals surface area contributed by atoms with Crippen molar-refractivity contribution in [1.82, 2.24) is 29.7 Å². The summed E-state index contributed by atoms with van der Waals surface area (Å²) in [6, 6.07) is 6.53. The normalized spacial score (nSPS) is 11.1. The topological polar surface area (TPSA) is 115 Å². The molecule has 0 aliphatic rings. The van der Waals surface area contributed by atoms with Crippen LogP contribution in [-0.2, 0) is 11.3 Å². The smallest absolute Gasteiger partial charge is 0.261 e. The zero-order valence-electron chi connectivity index (χ0n) is 17.7. The molecule has 34 heavy (non-hydrogen) atoms. The van der Waals surface area contributed by atoms with E-state index in [-0.39, 0.29) is 23.5 Å². The summed E-state index contributed by atoms with van der Waals surface area (Å²) in [5.41, 5.74) is 1.52. The lowest BCUT2D eigenvalue weighted by atomic mass is 10.1. The third kappa shape index (κ3) is 4.96. The molecule has 0 atom stereocenters. The van der Waals surface area contributed by atoms with Crippen LogP contribution in [0, 0.1) is 0 Å². The largest absolute Gasteiger partial charge is 0.496 e. The standard InChI is InChI=1S/C21H18ClF2N7O3/c1-34-16-4-3-12(22)7-13(16)19-15(10-30(29-19)11-18(32)26-9-17(23)24)28-21(33)14-8-27-31-6-2-5-25-20(14)31/h2-8,10,17H,9,11H2,1H3,(H,26,32)(H,28,33). The molecule has 0 spiro atoms. The number of carbonyl (C=O) groups excluding carboxylic acids is 2. The van der Waals surface area contributed by atoms with Crippen molar-refractivity contribution in [3.63, 3.8) is 0 Å². The highest BCUT2D eigenvalue weighted by molar-refractivity contribution is 6.31. The molecule has 0 aliphatic heterocycles. The summed E-state index contributed by atoms with van der Waals surface area (Å²) >= 11 is 6.16. The van der Waals surface area contributed by atoms with E-state index in [1.165, 1.54) is 34.9 Å². The molecule has 3 aromatic heterocycles. The van der Waals surface area contributed by atoms with Gasteiger partial charge < -0.3 is 15.4 Å². The molecule has 13 heteroatoms. The number of halogens is 3. The van der Waals surface area contributed by atoms with Gasteiger partial charge in [-0.2, -0.15) is 10.2 Å². The maximum atomic E-state index is 13.0. The molecule has 0 saturated heterocycles. The van der Waals surface area contributed by atoms with Gasteiger partial charge in [0.2, 0.25) is 5.91 Å². The highest BCUT2D eigenvalue weighted by atomic mass is 35.5. The molecular weight excluding hydrogens is 472 g/mol. The van der Waals surface area contributed by atoms with Crippen molar-refractivity contribution >= 4 is 34.7 Å². The van der Waals surface area contributed by atoms with E-state index in [2.05, 4.69) is 25.8 Å². The molecule has 2 N–H and O–H groups in total. The summed E-state index contributed by atoms with van der Waals surface area (Å²) < 4.78 is 32.9. The Morgan fingerprint density at radius 1 is 1.29 bits per heavy atom. The first kappa shape index (κ1) is 23.1. The fourth-order valence-corrected chi connectivity index (χ4v) is 3.40. The second kappa shape index (κ2) is 9.83. The molecule has 0 bridgehead atoms. The molecule has 0 fully saturated rings. The number of benzene rings is 1. The molecule has 4 rings (SSSR count). The van der Waals surface area contributed by atoms with Crippen LogP contribution in [0.3, 0.4) is 0 Å². The van der Waals surface area contributed by atoms with Crippen molar-refractivity contribution < 1.29 is 23.1 Å². The van der Waals surface area contributed by atoms with Crippen LogP contribution in [0.5, 0.6) is 5.75 Å². The second-order valence-corrected chi connectivity index (χ2v) is 7.47. The highest BCUT2D eigenvalue weighted by Crippen LogP contribution is 2.36. The number of nitrogens with zero attached hydrogens (tertiary/aromatic N) is 5. The quantitative estimate of drug-likeness (QED) is 0.393. The zero-order chi connectivity index (χ0) is 24.2. The average Bonchev–Trinajstić information content (AvgIpc) is 3.41. The molecule has 4 aromatic rings. The Kier molecular flexibility index (Phi) is 6.68. The maximum Gasteiger partial charge on any atom is 0.261 e. The summed E-state index contributed by atoms with van der Waals surface area (Å²) in [4.78, 5) is 29.3. The van der Waals surface area contributed by atoms with E-state index in [4.69, 9.17) is 16.3 Å². The first-order valence-electron chi connectivity index (χ1n) is 9.91. The number of rotatable bonds is 8. The molecule has 10 nitrogen and oxygen atoms in total. The molecule has 2 amide bonds. The summed E-state index contributed by atoms with van der Waals surface area (Å²) in [6.07, 6.45) is 3.29. The minimum absolute atomic E-state index is 0.215. The number of nitrogens with one attached hydrogen (secondary N) is 2. The van der Waals surface area contributed by atoms with E-state index in [1.54, 1.807) is 30.5 Å². The number of fused-ring (bicyclic) bond motifs is 1. The molecule has 1 aromatic carbocycles. The minimum atomic E-state index is -2.68. The Labute approximate surface area is 196 Å². The number of amides is 2. The number of methoxy groups -OCH3 is 1. The zero-order valence-corrected chi connectivity index (χ0v) is 18.5. The number of alkyl halides is 2. The van der Waals surface area contributed by atoms with Gasteiger partial charge in [0.05, 0.1) is 25.5 Å². The molecule has 0 radical (unpaired) electrons. The van der Waals surface area contributed by atoms with Crippen LogP contribution < -0.4 is 15.4 Å². The van der Waals surface area contributed by atoms with Gasteiger partial charge in [-0.3, -0.25) is 14.3 Å². The number of aromatic nitrogens is 5. The number of carbonyl (C=O) groups is 2.